The second-order valence-corrected chi connectivity index (χ2v) is 15.0. The normalized spacial score (nSPS) is 23.7. The summed E-state index contributed by atoms with van der Waals surface area (Å²) in [5, 5.41) is 11.8. The van der Waals surface area contributed by atoms with Gasteiger partial charge in [-0.05, 0) is 36.1 Å². The van der Waals surface area contributed by atoms with Crippen LogP contribution in [0.15, 0.2) is 46.0 Å². The van der Waals surface area contributed by atoms with Crippen LogP contribution in [0.5, 0.6) is 0 Å². The maximum atomic E-state index is 13.4. The zero-order valence-corrected chi connectivity index (χ0v) is 24.5. The van der Waals surface area contributed by atoms with Gasteiger partial charge in [0.05, 0.1) is 25.5 Å². The number of alkyl halides is 3. The van der Waals surface area contributed by atoms with E-state index in [0.29, 0.717) is 32.3 Å². The van der Waals surface area contributed by atoms with Crippen molar-refractivity contribution in [2.24, 2.45) is 0 Å². The van der Waals surface area contributed by atoms with Crippen molar-refractivity contribution in [1.82, 2.24) is 13.9 Å². The number of thiophene rings is 1. The first-order valence-corrected chi connectivity index (χ1v) is 16.8. The van der Waals surface area contributed by atoms with Crippen molar-refractivity contribution in [2.75, 3.05) is 63.6 Å². The summed E-state index contributed by atoms with van der Waals surface area (Å²) in [4.78, 5) is 3.99. The molecule has 2 aromatic rings. The molecule has 224 valence electrons. The Morgan fingerprint density at radius 2 is 1.77 bits per heavy atom. The van der Waals surface area contributed by atoms with Crippen molar-refractivity contribution in [1.29, 1.82) is 0 Å². The fraction of sp³-hybridized carbons (Fsp3) is 0.583. The first-order chi connectivity index (χ1) is 18.6. The summed E-state index contributed by atoms with van der Waals surface area (Å²) in [6.07, 6.45) is -3.79. The molecule has 3 atom stereocenters. The van der Waals surface area contributed by atoms with Gasteiger partial charge in [-0.15, -0.1) is 11.3 Å². The zero-order valence-electron chi connectivity index (χ0n) is 22.0. The van der Waals surface area contributed by atoms with Crippen molar-refractivity contribution >= 4 is 37.1 Å². The fourth-order valence-corrected chi connectivity index (χ4v) is 7.96. The molecule has 0 saturated carbocycles. The van der Waals surface area contributed by atoms with Gasteiger partial charge in [-0.3, -0.25) is 4.90 Å². The number of nitrogens with one attached hydrogen (secondary N) is 1. The molecular weight excluding hydrogens is 593 g/mol. The Kier molecular flexibility index (Phi) is 9.22. The lowest BCUT2D eigenvalue weighted by Crippen LogP contribution is -2.61. The van der Waals surface area contributed by atoms with Crippen molar-refractivity contribution in [3.8, 4) is 0 Å². The van der Waals surface area contributed by atoms with Gasteiger partial charge < -0.3 is 14.7 Å². The van der Waals surface area contributed by atoms with E-state index < -0.39 is 37.9 Å². The second kappa shape index (κ2) is 11.8. The monoisotopic (exact) mass is 626 g/mol. The Labute approximate surface area is 236 Å². The number of morpholine rings is 1. The minimum Gasteiger partial charge on any atom is -0.378 e. The van der Waals surface area contributed by atoms with Crippen molar-refractivity contribution in [3.63, 3.8) is 0 Å². The zero-order chi connectivity index (χ0) is 29.3. The van der Waals surface area contributed by atoms with E-state index in [1.165, 1.54) is 28.6 Å². The van der Waals surface area contributed by atoms with Gasteiger partial charge in [0.25, 0.3) is 10.0 Å². The number of anilines is 1. The molecule has 2 fully saturated rings. The topological polar surface area (TPSA) is 119 Å². The molecule has 0 bridgehead atoms. The summed E-state index contributed by atoms with van der Waals surface area (Å²) in [6.45, 7) is 2.93. The number of hydrogen-bond donors (Lipinski definition) is 2. The number of sulfonamides is 2. The standard InChI is InChI=1S/C24H33F3N4O6S3/c1-23(32,24(25,26)27)18-5-7-19(8-6-18)31-10-9-30(40(35,36)22-4-3-13-38-22)16-21(31)15-29-11-12-37-17-20(29)14-28-39(2,33)34/h3-8,13,20-21,28,32H,9-12,14-17H2,1-2H3/t20-,21+,23+/m1/s1. The summed E-state index contributed by atoms with van der Waals surface area (Å²) in [5.74, 6) is 0. The highest BCUT2D eigenvalue weighted by atomic mass is 32.2. The third kappa shape index (κ3) is 6.98. The Bertz CT molecular complexity index is 1350. The molecule has 2 aliphatic rings. The van der Waals surface area contributed by atoms with Crippen LogP contribution in [0, 0.1) is 0 Å². The molecule has 2 aliphatic heterocycles. The molecule has 40 heavy (non-hydrogen) atoms. The average Bonchev–Trinajstić information content (AvgIpc) is 3.43. The van der Waals surface area contributed by atoms with Crippen molar-refractivity contribution in [3.05, 3.63) is 47.3 Å². The number of ether oxygens (including phenoxy) is 1. The summed E-state index contributed by atoms with van der Waals surface area (Å²) in [5.41, 5.74) is -2.75. The molecule has 10 nitrogen and oxygen atoms in total. The maximum absolute atomic E-state index is 13.4. The Hall–Kier alpha value is -1.79. The van der Waals surface area contributed by atoms with Crippen LogP contribution in [-0.4, -0.2) is 108 Å². The van der Waals surface area contributed by atoms with E-state index in [1.54, 1.807) is 17.5 Å². The molecule has 2 saturated heterocycles. The van der Waals surface area contributed by atoms with Gasteiger partial charge in [0.2, 0.25) is 10.0 Å². The largest absolute Gasteiger partial charge is 0.421 e. The molecule has 0 spiro atoms. The lowest BCUT2D eigenvalue weighted by atomic mass is 9.95. The fourth-order valence-electron chi connectivity index (χ4n) is 4.86. The summed E-state index contributed by atoms with van der Waals surface area (Å²) in [7, 11) is -7.19. The number of benzene rings is 1. The summed E-state index contributed by atoms with van der Waals surface area (Å²) >= 11 is 1.12. The van der Waals surface area contributed by atoms with Gasteiger partial charge in [-0.1, -0.05) is 18.2 Å². The van der Waals surface area contributed by atoms with Crippen molar-refractivity contribution in [2.45, 2.75) is 35.0 Å². The Balaban J connectivity index is 1.61. The van der Waals surface area contributed by atoms with E-state index in [4.69, 9.17) is 4.74 Å². The van der Waals surface area contributed by atoms with Gasteiger partial charge in [0, 0.05) is 51.0 Å². The van der Waals surface area contributed by atoms with Crippen LogP contribution in [-0.2, 0) is 30.4 Å². The predicted octanol–water partition coefficient (Wildman–Crippen LogP) is 1.65. The highest BCUT2D eigenvalue weighted by Gasteiger charge is 2.51. The van der Waals surface area contributed by atoms with Gasteiger partial charge in [-0.2, -0.15) is 17.5 Å². The summed E-state index contributed by atoms with van der Waals surface area (Å²) in [6, 6.07) is 7.94. The van der Waals surface area contributed by atoms with Crippen LogP contribution in [0.3, 0.4) is 0 Å². The predicted molar refractivity (Wildman–Crippen MR) is 145 cm³/mol. The first kappa shape index (κ1) is 31.2. The molecule has 0 radical (unpaired) electrons. The highest BCUT2D eigenvalue weighted by Crippen LogP contribution is 2.39. The SMILES string of the molecule is C[C@](O)(c1ccc(N2CCN(S(=O)(=O)c3cccs3)C[C@@H]2CN2CCOC[C@H]2CNS(C)(=O)=O)cc1)C(F)(F)F. The molecule has 0 amide bonds. The van der Waals surface area contributed by atoms with Gasteiger partial charge >= 0.3 is 6.18 Å². The number of halogens is 3. The number of rotatable bonds is 9. The van der Waals surface area contributed by atoms with E-state index in [1.807, 2.05) is 9.80 Å². The minimum atomic E-state index is -4.86. The van der Waals surface area contributed by atoms with Gasteiger partial charge in [0.15, 0.2) is 5.60 Å². The lowest BCUT2D eigenvalue weighted by molar-refractivity contribution is -0.258. The van der Waals surface area contributed by atoms with Crippen LogP contribution in [0.4, 0.5) is 18.9 Å². The quantitative estimate of drug-likeness (QED) is 0.432. The lowest BCUT2D eigenvalue weighted by Gasteiger charge is -2.46. The average molecular weight is 627 g/mol. The molecule has 1 aromatic carbocycles. The van der Waals surface area contributed by atoms with E-state index in [0.717, 1.165) is 17.6 Å². The highest BCUT2D eigenvalue weighted by molar-refractivity contribution is 7.91. The minimum absolute atomic E-state index is 0.115. The number of hydrogen-bond acceptors (Lipinski definition) is 9. The molecule has 0 aliphatic carbocycles. The Morgan fingerprint density at radius 3 is 2.38 bits per heavy atom. The number of piperazine rings is 1. The van der Waals surface area contributed by atoms with E-state index in [-0.39, 0.29) is 48.6 Å². The molecule has 0 unspecified atom stereocenters. The number of aliphatic hydroxyl groups is 1. The molecule has 1 aromatic heterocycles. The van der Waals surface area contributed by atoms with Crippen LogP contribution in [0.25, 0.3) is 0 Å². The third-order valence-electron chi connectivity index (χ3n) is 7.22. The molecule has 4 rings (SSSR count). The van der Waals surface area contributed by atoms with E-state index in [9.17, 15) is 35.1 Å². The van der Waals surface area contributed by atoms with E-state index >= 15 is 0 Å². The maximum Gasteiger partial charge on any atom is 0.421 e. The Morgan fingerprint density at radius 1 is 1.07 bits per heavy atom. The third-order valence-corrected chi connectivity index (χ3v) is 11.2. The van der Waals surface area contributed by atoms with Crippen molar-refractivity contribution < 1.29 is 39.9 Å². The van der Waals surface area contributed by atoms with Crippen LogP contribution < -0.4 is 9.62 Å². The summed E-state index contributed by atoms with van der Waals surface area (Å²) < 4.78 is 99.8. The van der Waals surface area contributed by atoms with Crippen LogP contribution >= 0.6 is 11.3 Å². The van der Waals surface area contributed by atoms with Gasteiger partial charge in [0.1, 0.15) is 4.21 Å². The van der Waals surface area contributed by atoms with E-state index in [2.05, 4.69) is 4.72 Å². The molecule has 16 heteroatoms. The van der Waals surface area contributed by atoms with Crippen LogP contribution in [0.1, 0.15) is 12.5 Å². The first-order valence-electron chi connectivity index (χ1n) is 12.6. The smallest absolute Gasteiger partial charge is 0.378 e. The van der Waals surface area contributed by atoms with Gasteiger partial charge in [-0.25, -0.2) is 21.6 Å². The molecular formula is C24H33F3N4O6S3. The molecule has 2 N–H and O–H groups in total. The molecule has 3 heterocycles. The van der Waals surface area contributed by atoms with Crippen LogP contribution in [0.2, 0.25) is 0 Å². The number of nitrogens with zero attached hydrogens (tertiary/aromatic N) is 3. The second-order valence-electron chi connectivity index (χ2n) is 10.1.